The molecule has 0 aromatic heterocycles. The molecule has 1 atom stereocenters. The molecule has 1 unspecified atom stereocenters. The van der Waals surface area contributed by atoms with Gasteiger partial charge in [0.05, 0.1) is 0 Å². The highest BCUT2D eigenvalue weighted by molar-refractivity contribution is 4.92. The Balaban J connectivity index is 1.56. The molecule has 2 saturated heterocycles. The van der Waals surface area contributed by atoms with E-state index in [1.165, 1.54) is 71.2 Å². The lowest BCUT2D eigenvalue weighted by Crippen LogP contribution is -2.50. The summed E-state index contributed by atoms with van der Waals surface area (Å²) in [4.78, 5) is 5.43. The smallest absolute Gasteiger partial charge is 0.0226 e. The second kappa shape index (κ2) is 5.89. The Hall–Kier alpha value is -0.120. The fourth-order valence-electron chi connectivity index (χ4n) is 3.77. The van der Waals surface area contributed by atoms with Crippen molar-refractivity contribution in [1.29, 1.82) is 0 Å². The standard InChI is InChI=1S/C15H29N3/c1-17-10-2-3-15(12-17)18(14-4-5-14)11-13-6-8-16-9-7-13/h13-16H,2-12H2,1H3. The molecular weight excluding hydrogens is 222 g/mol. The molecule has 1 saturated carbocycles. The largest absolute Gasteiger partial charge is 0.317 e. The summed E-state index contributed by atoms with van der Waals surface area (Å²) in [6.45, 7) is 6.48. The summed E-state index contributed by atoms with van der Waals surface area (Å²) in [6.07, 6.45) is 8.55. The highest BCUT2D eigenvalue weighted by Crippen LogP contribution is 2.32. The molecule has 3 rings (SSSR count). The summed E-state index contributed by atoms with van der Waals surface area (Å²) >= 11 is 0. The molecule has 0 spiro atoms. The number of likely N-dealkylation sites (tertiary alicyclic amines) is 1. The number of likely N-dealkylation sites (N-methyl/N-ethyl adjacent to an activating group) is 1. The van der Waals surface area contributed by atoms with Crippen molar-refractivity contribution in [2.24, 2.45) is 5.92 Å². The minimum absolute atomic E-state index is 0.853. The maximum atomic E-state index is 3.49. The molecule has 3 fully saturated rings. The van der Waals surface area contributed by atoms with Crippen LogP contribution >= 0.6 is 0 Å². The number of hydrogen-bond acceptors (Lipinski definition) is 3. The Morgan fingerprint density at radius 1 is 1.06 bits per heavy atom. The van der Waals surface area contributed by atoms with Crippen LogP contribution < -0.4 is 5.32 Å². The first-order chi connectivity index (χ1) is 8.83. The van der Waals surface area contributed by atoms with Gasteiger partial charge >= 0.3 is 0 Å². The summed E-state index contributed by atoms with van der Waals surface area (Å²) in [5, 5.41) is 3.49. The van der Waals surface area contributed by atoms with Crippen molar-refractivity contribution in [1.82, 2.24) is 15.1 Å². The van der Waals surface area contributed by atoms with Gasteiger partial charge in [-0.3, -0.25) is 4.90 Å². The molecule has 1 N–H and O–H groups in total. The number of piperidine rings is 2. The Kier molecular flexibility index (Phi) is 4.22. The number of rotatable bonds is 4. The first kappa shape index (κ1) is 12.9. The zero-order chi connectivity index (χ0) is 12.4. The van der Waals surface area contributed by atoms with Crippen molar-refractivity contribution in [3.8, 4) is 0 Å². The quantitative estimate of drug-likeness (QED) is 0.818. The molecule has 0 amide bonds. The first-order valence-electron chi connectivity index (χ1n) is 7.98. The van der Waals surface area contributed by atoms with Gasteiger partial charge in [-0.2, -0.15) is 0 Å². The second-order valence-electron chi connectivity index (χ2n) is 6.68. The van der Waals surface area contributed by atoms with Crippen LogP contribution in [0.1, 0.15) is 38.5 Å². The lowest BCUT2D eigenvalue weighted by molar-refractivity contribution is 0.0840. The molecule has 3 aliphatic rings. The minimum atomic E-state index is 0.853. The van der Waals surface area contributed by atoms with Gasteiger partial charge in [-0.25, -0.2) is 0 Å². The van der Waals surface area contributed by atoms with Gasteiger partial charge in [0, 0.05) is 25.2 Å². The molecule has 0 radical (unpaired) electrons. The lowest BCUT2D eigenvalue weighted by atomic mass is 9.95. The maximum absolute atomic E-state index is 3.49. The van der Waals surface area contributed by atoms with Crippen LogP contribution in [-0.2, 0) is 0 Å². The van der Waals surface area contributed by atoms with Crippen LogP contribution in [0.4, 0.5) is 0 Å². The van der Waals surface area contributed by atoms with Crippen molar-refractivity contribution in [3.05, 3.63) is 0 Å². The highest BCUT2D eigenvalue weighted by atomic mass is 15.3. The van der Waals surface area contributed by atoms with Crippen LogP contribution in [0, 0.1) is 5.92 Å². The molecular formula is C15H29N3. The van der Waals surface area contributed by atoms with Crippen molar-refractivity contribution in [2.75, 3.05) is 39.8 Å². The molecule has 2 aliphatic heterocycles. The van der Waals surface area contributed by atoms with E-state index in [-0.39, 0.29) is 0 Å². The molecule has 3 nitrogen and oxygen atoms in total. The zero-order valence-corrected chi connectivity index (χ0v) is 11.9. The fourth-order valence-corrected chi connectivity index (χ4v) is 3.77. The van der Waals surface area contributed by atoms with E-state index in [1.54, 1.807) is 0 Å². The monoisotopic (exact) mass is 251 g/mol. The SMILES string of the molecule is CN1CCCC(N(CC2CCNCC2)C2CC2)C1. The zero-order valence-electron chi connectivity index (χ0n) is 11.9. The summed E-state index contributed by atoms with van der Waals surface area (Å²) in [5.41, 5.74) is 0. The minimum Gasteiger partial charge on any atom is -0.317 e. The van der Waals surface area contributed by atoms with Crippen molar-refractivity contribution < 1.29 is 0 Å². The Labute approximate surface area is 112 Å². The van der Waals surface area contributed by atoms with Crippen LogP contribution in [0.15, 0.2) is 0 Å². The fraction of sp³-hybridized carbons (Fsp3) is 1.00. The Morgan fingerprint density at radius 2 is 1.83 bits per heavy atom. The van der Waals surface area contributed by atoms with Crippen molar-refractivity contribution >= 4 is 0 Å². The number of nitrogens with zero attached hydrogens (tertiary/aromatic N) is 2. The van der Waals surface area contributed by atoms with Crippen LogP contribution in [0.25, 0.3) is 0 Å². The summed E-state index contributed by atoms with van der Waals surface area (Å²) in [6, 6.07) is 1.79. The molecule has 2 heterocycles. The van der Waals surface area contributed by atoms with Gasteiger partial charge in [0.25, 0.3) is 0 Å². The van der Waals surface area contributed by atoms with Crippen LogP contribution in [0.2, 0.25) is 0 Å². The summed E-state index contributed by atoms with van der Waals surface area (Å²) in [7, 11) is 2.29. The van der Waals surface area contributed by atoms with E-state index in [0.29, 0.717) is 0 Å². The van der Waals surface area contributed by atoms with Gasteiger partial charge in [-0.15, -0.1) is 0 Å². The van der Waals surface area contributed by atoms with E-state index >= 15 is 0 Å². The van der Waals surface area contributed by atoms with Crippen LogP contribution in [0.3, 0.4) is 0 Å². The third-order valence-corrected chi connectivity index (χ3v) is 5.01. The van der Waals surface area contributed by atoms with E-state index in [4.69, 9.17) is 0 Å². The molecule has 0 aromatic rings. The van der Waals surface area contributed by atoms with E-state index in [0.717, 1.165) is 18.0 Å². The molecule has 104 valence electrons. The van der Waals surface area contributed by atoms with Crippen LogP contribution in [-0.4, -0.2) is 61.7 Å². The van der Waals surface area contributed by atoms with E-state index in [1.807, 2.05) is 0 Å². The normalized spacial score (nSPS) is 32.0. The average molecular weight is 251 g/mol. The summed E-state index contributed by atoms with van der Waals surface area (Å²) in [5.74, 6) is 0.957. The molecule has 18 heavy (non-hydrogen) atoms. The molecule has 0 aromatic carbocycles. The third-order valence-electron chi connectivity index (χ3n) is 5.01. The summed E-state index contributed by atoms with van der Waals surface area (Å²) < 4.78 is 0. The molecule has 0 bridgehead atoms. The van der Waals surface area contributed by atoms with Crippen molar-refractivity contribution in [3.63, 3.8) is 0 Å². The highest BCUT2D eigenvalue weighted by Gasteiger charge is 2.36. The topological polar surface area (TPSA) is 18.5 Å². The van der Waals surface area contributed by atoms with Gasteiger partial charge in [0.15, 0.2) is 0 Å². The average Bonchev–Trinajstić information content (AvgIpc) is 3.21. The number of nitrogens with one attached hydrogen (secondary N) is 1. The van der Waals surface area contributed by atoms with E-state index in [9.17, 15) is 0 Å². The first-order valence-corrected chi connectivity index (χ1v) is 7.98. The van der Waals surface area contributed by atoms with E-state index < -0.39 is 0 Å². The third kappa shape index (κ3) is 3.25. The van der Waals surface area contributed by atoms with Crippen LogP contribution in [0.5, 0.6) is 0 Å². The van der Waals surface area contributed by atoms with Gasteiger partial charge < -0.3 is 10.2 Å². The second-order valence-corrected chi connectivity index (χ2v) is 6.68. The van der Waals surface area contributed by atoms with Gasteiger partial charge in [0.2, 0.25) is 0 Å². The van der Waals surface area contributed by atoms with E-state index in [2.05, 4.69) is 22.2 Å². The Bertz CT molecular complexity index is 258. The van der Waals surface area contributed by atoms with Gasteiger partial charge in [-0.05, 0) is 71.1 Å². The predicted molar refractivity (Wildman–Crippen MR) is 75.8 cm³/mol. The lowest BCUT2D eigenvalue weighted by Gasteiger charge is -2.40. The number of hydrogen-bond donors (Lipinski definition) is 1. The predicted octanol–water partition coefficient (Wildman–Crippen LogP) is 1.54. The maximum Gasteiger partial charge on any atom is 0.0226 e. The Morgan fingerprint density at radius 3 is 2.50 bits per heavy atom. The van der Waals surface area contributed by atoms with Gasteiger partial charge in [0.1, 0.15) is 0 Å². The molecule has 1 aliphatic carbocycles. The van der Waals surface area contributed by atoms with Gasteiger partial charge in [-0.1, -0.05) is 0 Å². The van der Waals surface area contributed by atoms with Crippen molar-refractivity contribution in [2.45, 2.75) is 50.6 Å². The molecule has 3 heteroatoms.